The topological polar surface area (TPSA) is 62.7 Å². The summed E-state index contributed by atoms with van der Waals surface area (Å²) in [5, 5.41) is 14.9. The standard InChI is InChI=1S/C17H23N5/c1-12-8-9-15(13(2)10-12)20-17-21-16(11-18-22-17)19-14-6-4-3-5-7-14/h8-11,14H,3-7H2,1-2H3,(H2,19,20,21,22). The second kappa shape index (κ2) is 6.73. The second-order valence-corrected chi connectivity index (χ2v) is 6.09. The maximum Gasteiger partial charge on any atom is 0.249 e. The SMILES string of the molecule is Cc1ccc(Nc2nncc(NC3CCCCC3)n2)c(C)c1. The number of rotatable bonds is 4. The first-order valence-electron chi connectivity index (χ1n) is 8.01. The molecule has 0 bridgehead atoms. The Morgan fingerprint density at radius 1 is 1.09 bits per heavy atom. The van der Waals surface area contributed by atoms with Crippen molar-refractivity contribution in [3.8, 4) is 0 Å². The summed E-state index contributed by atoms with van der Waals surface area (Å²) in [6, 6.07) is 6.78. The van der Waals surface area contributed by atoms with Crippen LogP contribution in [0.1, 0.15) is 43.2 Å². The van der Waals surface area contributed by atoms with Gasteiger partial charge in [-0.25, -0.2) is 0 Å². The lowest BCUT2D eigenvalue weighted by Crippen LogP contribution is -2.23. The van der Waals surface area contributed by atoms with Gasteiger partial charge < -0.3 is 10.6 Å². The van der Waals surface area contributed by atoms with Crippen molar-refractivity contribution in [3.05, 3.63) is 35.5 Å². The van der Waals surface area contributed by atoms with E-state index >= 15 is 0 Å². The van der Waals surface area contributed by atoms with Gasteiger partial charge in [0.15, 0.2) is 5.82 Å². The van der Waals surface area contributed by atoms with Gasteiger partial charge >= 0.3 is 0 Å². The zero-order chi connectivity index (χ0) is 15.4. The molecule has 22 heavy (non-hydrogen) atoms. The highest BCUT2D eigenvalue weighted by atomic mass is 15.3. The fourth-order valence-corrected chi connectivity index (χ4v) is 2.96. The van der Waals surface area contributed by atoms with E-state index in [1.807, 2.05) is 0 Å². The van der Waals surface area contributed by atoms with E-state index in [1.165, 1.54) is 43.2 Å². The van der Waals surface area contributed by atoms with Gasteiger partial charge in [-0.05, 0) is 38.3 Å². The van der Waals surface area contributed by atoms with Crippen LogP contribution in [0.5, 0.6) is 0 Å². The third-order valence-electron chi connectivity index (χ3n) is 4.14. The van der Waals surface area contributed by atoms with Gasteiger partial charge in [-0.2, -0.15) is 10.1 Å². The summed E-state index contributed by atoms with van der Waals surface area (Å²) in [5.74, 6) is 1.34. The van der Waals surface area contributed by atoms with Crippen molar-refractivity contribution in [3.63, 3.8) is 0 Å². The quantitative estimate of drug-likeness (QED) is 0.894. The first-order valence-corrected chi connectivity index (χ1v) is 8.01. The Kier molecular flexibility index (Phi) is 4.51. The van der Waals surface area contributed by atoms with Crippen LogP contribution in [0.2, 0.25) is 0 Å². The van der Waals surface area contributed by atoms with Crippen molar-refractivity contribution < 1.29 is 0 Å². The summed E-state index contributed by atoms with van der Waals surface area (Å²) >= 11 is 0. The lowest BCUT2D eigenvalue weighted by Gasteiger charge is -2.23. The molecule has 0 aliphatic heterocycles. The van der Waals surface area contributed by atoms with Crippen LogP contribution in [0.4, 0.5) is 17.5 Å². The van der Waals surface area contributed by atoms with Gasteiger partial charge in [0.1, 0.15) is 0 Å². The molecule has 1 aromatic carbocycles. The van der Waals surface area contributed by atoms with Crippen molar-refractivity contribution in [2.24, 2.45) is 0 Å². The van der Waals surface area contributed by atoms with Crippen molar-refractivity contribution >= 4 is 17.5 Å². The maximum atomic E-state index is 4.53. The van der Waals surface area contributed by atoms with Gasteiger partial charge in [0, 0.05) is 11.7 Å². The first kappa shape index (κ1) is 14.8. The average molecular weight is 297 g/mol. The average Bonchev–Trinajstić information content (AvgIpc) is 2.52. The summed E-state index contributed by atoms with van der Waals surface area (Å²) in [5.41, 5.74) is 3.44. The number of aromatic nitrogens is 3. The summed E-state index contributed by atoms with van der Waals surface area (Å²) in [6.07, 6.45) is 8.06. The van der Waals surface area contributed by atoms with Gasteiger partial charge in [-0.1, -0.05) is 37.0 Å². The molecule has 2 aromatic rings. The largest absolute Gasteiger partial charge is 0.366 e. The van der Waals surface area contributed by atoms with Gasteiger partial charge in [-0.15, -0.1) is 5.10 Å². The molecule has 1 aromatic heterocycles. The van der Waals surface area contributed by atoms with Crippen LogP contribution < -0.4 is 10.6 Å². The summed E-state index contributed by atoms with van der Waals surface area (Å²) in [6.45, 7) is 4.16. The molecule has 1 aliphatic rings. The monoisotopic (exact) mass is 297 g/mol. The Morgan fingerprint density at radius 2 is 1.91 bits per heavy atom. The van der Waals surface area contributed by atoms with Crippen LogP contribution in [-0.4, -0.2) is 21.2 Å². The fraction of sp³-hybridized carbons (Fsp3) is 0.471. The van der Waals surface area contributed by atoms with E-state index < -0.39 is 0 Å². The molecule has 1 fully saturated rings. The predicted molar refractivity (Wildman–Crippen MR) is 89.5 cm³/mol. The lowest BCUT2D eigenvalue weighted by atomic mass is 9.96. The molecule has 2 N–H and O–H groups in total. The molecular weight excluding hydrogens is 274 g/mol. The Balaban J connectivity index is 1.70. The summed E-state index contributed by atoms with van der Waals surface area (Å²) in [4.78, 5) is 4.53. The van der Waals surface area contributed by atoms with Gasteiger partial charge in [-0.3, -0.25) is 0 Å². The molecule has 1 aliphatic carbocycles. The fourth-order valence-electron chi connectivity index (χ4n) is 2.96. The van der Waals surface area contributed by atoms with E-state index in [-0.39, 0.29) is 0 Å². The van der Waals surface area contributed by atoms with Crippen LogP contribution in [0.25, 0.3) is 0 Å². The third kappa shape index (κ3) is 3.72. The third-order valence-corrected chi connectivity index (χ3v) is 4.14. The van der Waals surface area contributed by atoms with Crippen molar-refractivity contribution in [1.29, 1.82) is 0 Å². The number of anilines is 3. The molecule has 116 valence electrons. The minimum atomic E-state index is 0.513. The van der Waals surface area contributed by atoms with Gasteiger partial charge in [0.05, 0.1) is 6.20 Å². The van der Waals surface area contributed by atoms with E-state index in [0.29, 0.717) is 12.0 Å². The molecule has 0 radical (unpaired) electrons. The predicted octanol–water partition coefficient (Wildman–Crippen LogP) is 3.98. The highest BCUT2D eigenvalue weighted by Gasteiger charge is 2.14. The Hall–Kier alpha value is -2.17. The minimum Gasteiger partial charge on any atom is -0.366 e. The van der Waals surface area contributed by atoms with Crippen molar-refractivity contribution in [2.75, 3.05) is 10.6 Å². The Bertz CT molecular complexity index is 635. The molecule has 5 nitrogen and oxygen atoms in total. The molecule has 5 heteroatoms. The molecular formula is C17H23N5. The number of hydrogen-bond acceptors (Lipinski definition) is 5. The highest BCUT2D eigenvalue weighted by Crippen LogP contribution is 2.22. The molecule has 1 saturated carbocycles. The number of nitrogens with one attached hydrogen (secondary N) is 2. The number of aryl methyl sites for hydroxylation is 2. The minimum absolute atomic E-state index is 0.513. The number of benzene rings is 1. The second-order valence-electron chi connectivity index (χ2n) is 6.09. The van der Waals surface area contributed by atoms with Gasteiger partial charge in [0.2, 0.25) is 5.95 Å². The molecule has 0 atom stereocenters. The van der Waals surface area contributed by atoms with E-state index in [0.717, 1.165) is 11.5 Å². The normalized spacial score (nSPS) is 15.5. The van der Waals surface area contributed by atoms with E-state index in [2.05, 4.69) is 57.9 Å². The van der Waals surface area contributed by atoms with E-state index in [9.17, 15) is 0 Å². The Morgan fingerprint density at radius 3 is 2.68 bits per heavy atom. The zero-order valence-electron chi connectivity index (χ0n) is 13.3. The van der Waals surface area contributed by atoms with Crippen molar-refractivity contribution in [1.82, 2.24) is 15.2 Å². The first-order chi connectivity index (χ1) is 10.7. The van der Waals surface area contributed by atoms with E-state index in [4.69, 9.17) is 0 Å². The number of hydrogen-bond donors (Lipinski definition) is 2. The van der Waals surface area contributed by atoms with Crippen LogP contribution >= 0.6 is 0 Å². The highest BCUT2D eigenvalue weighted by molar-refractivity contribution is 5.59. The van der Waals surface area contributed by atoms with Gasteiger partial charge in [0.25, 0.3) is 0 Å². The van der Waals surface area contributed by atoms with Crippen LogP contribution in [0.3, 0.4) is 0 Å². The molecule has 0 unspecified atom stereocenters. The zero-order valence-corrected chi connectivity index (χ0v) is 13.3. The van der Waals surface area contributed by atoms with Crippen LogP contribution in [0.15, 0.2) is 24.4 Å². The Labute approximate surface area is 131 Å². The summed E-state index contributed by atoms with van der Waals surface area (Å²) < 4.78 is 0. The smallest absolute Gasteiger partial charge is 0.249 e. The lowest BCUT2D eigenvalue weighted by molar-refractivity contribution is 0.461. The molecule has 0 spiro atoms. The molecule has 3 rings (SSSR count). The summed E-state index contributed by atoms with van der Waals surface area (Å²) in [7, 11) is 0. The van der Waals surface area contributed by atoms with Crippen LogP contribution in [-0.2, 0) is 0 Å². The maximum absolute atomic E-state index is 4.53. The van der Waals surface area contributed by atoms with Crippen molar-refractivity contribution in [2.45, 2.75) is 52.0 Å². The number of nitrogens with zero attached hydrogens (tertiary/aromatic N) is 3. The molecule has 1 heterocycles. The van der Waals surface area contributed by atoms with E-state index in [1.54, 1.807) is 6.20 Å². The van der Waals surface area contributed by atoms with Crippen LogP contribution in [0, 0.1) is 13.8 Å². The molecule has 0 saturated heterocycles. The molecule has 0 amide bonds.